The van der Waals surface area contributed by atoms with Gasteiger partial charge < -0.3 is 14.8 Å². The monoisotopic (exact) mass is 171 g/mol. The normalized spacial score (nSPS) is 33.8. The van der Waals surface area contributed by atoms with Crippen molar-refractivity contribution in [3.8, 4) is 0 Å². The van der Waals surface area contributed by atoms with Crippen molar-refractivity contribution in [1.29, 1.82) is 0 Å². The Kier molecular flexibility index (Phi) is 2.10. The summed E-state index contributed by atoms with van der Waals surface area (Å²) in [5.74, 6) is 0.620. The Bertz CT molecular complexity index is 166. The van der Waals surface area contributed by atoms with Gasteiger partial charge in [-0.15, -0.1) is 0 Å². The molecule has 0 aromatic rings. The highest BCUT2D eigenvalue weighted by atomic mass is 16.6. The molecule has 0 radical (unpaired) electrons. The molecule has 0 amide bonds. The van der Waals surface area contributed by atoms with E-state index in [1.807, 2.05) is 0 Å². The van der Waals surface area contributed by atoms with Gasteiger partial charge in [0.2, 0.25) is 0 Å². The van der Waals surface area contributed by atoms with Crippen molar-refractivity contribution >= 4 is 0 Å². The average molecular weight is 171 g/mol. The molecule has 3 nitrogen and oxygen atoms in total. The first-order chi connectivity index (χ1) is 5.75. The molecule has 12 heavy (non-hydrogen) atoms. The zero-order chi connectivity index (χ0) is 8.60. The summed E-state index contributed by atoms with van der Waals surface area (Å²) in [6.07, 6.45) is 0. The van der Waals surface area contributed by atoms with Crippen LogP contribution in [0.4, 0.5) is 0 Å². The summed E-state index contributed by atoms with van der Waals surface area (Å²) in [5.41, 5.74) is 0.00637. The van der Waals surface area contributed by atoms with Crippen LogP contribution in [-0.2, 0) is 9.47 Å². The second-order valence-corrected chi connectivity index (χ2v) is 4.08. The third-order valence-corrected chi connectivity index (χ3v) is 2.78. The third-order valence-electron chi connectivity index (χ3n) is 2.78. The lowest BCUT2D eigenvalue weighted by atomic mass is 9.83. The fourth-order valence-electron chi connectivity index (χ4n) is 2.15. The van der Waals surface area contributed by atoms with E-state index in [1.54, 1.807) is 0 Å². The largest absolute Gasteiger partial charge is 0.375 e. The summed E-state index contributed by atoms with van der Waals surface area (Å²) in [5, 5.41) is 3.51. The van der Waals surface area contributed by atoms with E-state index < -0.39 is 0 Å². The van der Waals surface area contributed by atoms with Crippen molar-refractivity contribution in [3.05, 3.63) is 0 Å². The molecule has 2 heterocycles. The first-order valence-corrected chi connectivity index (χ1v) is 4.70. The number of morpholine rings is 1. The van der Waals surface area contributed by atoms with Crippen molar-refractivity contribution < 1.29 is 9.47 Å². The molecule has 2 rings (SSSR count). The maximum atomic E-state index is 5.79. The molecule has 2 aliphatic rings. The average Bonchev–Trinajstić information content (AvgIpc) is 2.01. The predicted molar refractivity (Wildman–Crippen MR) is 46.1 cm³/mol. The number of nitrogens with one attached hydrogen (secondary N) is 1. The molecular formula is C9H17NO2. The van der Waals surface area contributed by atoms with Crippen molar-refractivity contribution in [3.63, 3.8) is 0 Å². The van der Waals surface area contributed by atoms with Crippen molar-refractivity contribution in [1.82, 2.24) is 5.32 Å². The second-order valence-electron chi connectivity index (χ2n) is 4.08. The Morgan fingerprint density at radius 3 is 2.58 bits per heavy atom. The molecule has 1 N–H and O–H groups in total. The lowest BCUT2D eigenvalue weighted by Crippen LogP contribution is -2.69. The van der Waals surface area contributed by atoms with Crippen molar-refractivity contribution in [2.75, 3.05) is 26.4 Å². The maximum Gasteiger partial charge on any atom is 0.130 e. The minimum Gasteiger partial charge on any atom is -0.375 e. The van der Waals surface area contributed by atoms with Crippen LogP contribution in [-0.4, -0.2) is 38.0 Å². The van der Waals surface area contributed by atoms with Gasteiger partial charge in [-0.3, -0.25) is 0 Å². The van der Waals surface area contributed by atoms with Gasteiger partial charge in [-0.2, -0.15) is 0 Å². The zero-order valence-corrected chi connectivity index (χ0v) is 7.80. The van der Waals surface area contributed by atoms with Crippen molar-refractivity contribution in [2.24, 2.45) is 5.92 Å². The minimum absolute atomic E-state index is 0.00637. The standard InChI is InChI=1S/C9H17NO2/c1-7(2)8-9(5-11-6-9)12-4-3-10-8/h7-8,10H,3-6H2,1-2H3. The molecule has 0 aromatic heterocycles. The van der Waals surface area contributed by atoms with Crippen LogP contribution in [0.5, 0.6) is 0 Å². The molecule has 70 valence electrons. The highest BCUT2D eigenvalue weighted by Crippen LogP contribution is 2.31. The highest BCUT2D eigenvalue weighted by molar-refractivity contribution is 5.02. The second kappa shape index (κ2) is 2.98. The van der Waals surface area contributed by atoms with Crippen LogP contribution in [0.3, 0.4) is 0 Å². The van der Waals surface area contributed by atoms with Gasteiger partial charge in [0, 0.05) is 12.6 Å². The molecule has 0 saturated carbocycles. The summed E-state index contributed by atoms with van der Waals surface area (Å²) < 4.78 is 11.0. The van der Waals surface area contributed by atoms with Gasteiger partial charge in [0.25, 0.3) is 0 Å². The van der Waals surface area contributed by atoms with Crippen LogP contribution in [0.15, 0.2) is 0 Å². The molecule has 0 bridgehead atoms. The van der Waals surface area contributed by atoms with Gasteiger partial charge in [0.05, 0.1) is 19.8 Å². The van der Waals surface area contributed by atoms with Crippen LogP contribution < -0.4 is 5.32 Å². The fraction of sp³-hybridized carbons (Fsp3) is 1.00. The molecule has 1 unspecified atom stereocenters. The highest BCUT2D eigenvalue weighted by Gasteiger charge is 2.49. The molecule has 2 fully saturated rings. The van der Waals surface area contributed by atoms with Gasteiger partial charge >= 0.3 is 0 Å². The lowest BCUT2D eigenvalue weighted by Gasteiger charge is -2.51. The topological polar surface area (TPSA) is 30.5 Å². The van der Waals surface area contributed by atoms with Gasteiger partial charge in [-0.05, 0) is 5.92 Å². The van der Waals surface area contributed by atoms with E-state index in [2.05, 4.69) is 19.2 Å². The van der Waals surface area contributed by atoms with E-state index in [0.29, 0.717) is 12.0 Å². The van der Waals surface area contributed by atoms with E-state index in [9.17, 15) is 0 Å². The molecule has 0 aliphatic carbocycles. The van der Waals surface area contributed by atoms with Crippen LogP contribution >= 0.6 is 0 Å². The number of rotatable bonds is 1. The zero-order valence-electron chi connectivity index (χ0n) is 7.80. The summed E-state index contributed by atoms with van der Waals surface area (Å²) in [7, 11) is 0. The van der Waals surface area contributed by atoms with Crippen LogP contribution in [0.1, 0.15) is 13.8 Å². The maximum absolute atomic E-state index is 5.79. The Hall–Kier alpha value is -0.120. The number of ether oxygens (including phenoxy) is 2. The minimum atomic E-state index is 0.00637. The summed E-state index contributed by atoms with van der Waals surface area (Å²) in [4.78, 5) is 0. The Morgan fingerprint density at radius 1 is 1.42 bits per heavy atom. The Balaban J connectivity index is 2.06. The van der Waals surface area contributed by atoms with Gasteiger partial charge in [0.15, 0.2) is 0 Å². The quantitative estimate of drug-likeness (QED) is 0.619. The van der Waals surface area contributed by atoms with E-state index in [-0.39, 0.29) is 5.60 Å². The molecule has 1 spiro atoms. The summed E-state index contributed by atoms with van der Waals surface area (Å²) >= 11 is 0. The van der Waals surface area contributed by atoms with Crippen LogP contribution in [0.25, 0.3) is 0 Å². The van der Waals surface area contributed by atoms with E-state index in [1.165, 1.54) is 0 Å². The Labute approximate surface area is 73.4 Å². The molecule has 1 atom stereocenters. The van der Waals surface area contributed by atoms with Crippen molar-refractivity contribution in [2.45, 2.75) is 25.5 Å². The van der Waals surface area contributed by atoms with E-state index >= 15 is 0 Å². The molecular weight excluding hydrogens is 154 g/mol. The first kappa shape index (κ1) is 8.48. The third kappa shape index (κ3) is 1.16. The van der Waals surface area contributed by atoms with Crippen LogP contribution in [0, 0.1) is 5.92 Å². The molecule has 2 aliphatic heterocycles. The SMILES string of the molecule is CC(C)C1NCCOC12COC2. The van der Waals surface area contributed by atoms with E-state index in [4.69, 9.17) is 9.47 Å². The summed E-state index contributed by atoms with van der Waals surface area (Å²) in [6, 6.07) is 0.472. The van der Waals surface area contributed by atoms with Gasteiger partial charge in [-0.25, -0.2) is 0 Å². The first-order valence-electron chi connectivity index (χ1n) is 4.70. The van der Waals surface area contributed by atoms with E-state index in [0.717, 1.165) is 26.4 Å². The smallest absolute Gasteiger partial charge is 0.130 e. The lowest BCUT2D eigenvalue weighted by molar-refractivity contribution is -0.243. The molecule has 3 heteroatoms. The molecule has 0 aromatic carbocycles. The van der Waals surface area contributed by atoms with Gasteiger partial charge in [-0.1, -0.05) is 13.8 Å². The van der Waals surface area contributed by atoms with Crippen LogP contribution in [0.2, 0.25) is 0 Å². The summed E-state index contributed by atoms with van der Waals surface area (Å²) in [6.45, 7) is 7.79. The molecule has 2 saturated heterocycles. The fourth-order valence-corrected chi connectivity index (χ4v) is 2.15. The Morgan fingerprint density at radius 2 is 2.17 bits per heavy atom. The number of hydrogen-bond donors (Lipinski definition) is 1. The number of hydrogen-bond acceptors (Lipinski definition) is 3. The predicted octanol–water partition coefficient (Wildman–Crippen LogP) is 0.400. The van der Waals surface area contributed by atoms with Gasteiger partial charge in [0.1, 0.15) is 5.60 Å².